The third kappa shape index (κ3) is 3.82. The van der Waals surface area contributed by atoms with Crippen molar-refractivity contribution in [3.63, 3.8) is 0 Å². The lowest BCUT2D eigenvalue weighted by molar-refractivity contribution is -0.159. The molecule has 0 bridgehead atoms. The zero-order chi connectivity index (χ0) is 18.7. The Bertz CT molecular complexity index is 921. The van der Waals surface area contributed by atoms with Crippen molar-refractivity contribution in [3.05, 3.63) is 60.0 Å². The largest absolute Gasteiger partial charge is 0.497 e. The minimum Gasteiger partial charge on any atom is -0.497 e. The molecule has 0 spiro atoms. The van der Waals surface area contributed by atoms with Gasteiger partial charge in [-0.3, -0.25) is 4.79 Å². The van der Waals surface area contributed by atoms with Gasteiger partial charge in [0.2, 0.25) is 5.82 Å². The standard InChI is InChI=1S/C17H12F3N3O3/c1-25-13-4-2-3-12(9-13)21-15(24)11-7-5-10(6-8-11)14-22-16(26-23-14)17(18,19)20/h2-9H,1H3,(H,21,24). The highest BCUT2D eigenvalue weighted by atomic mass is 19.4. The molecule has 6 nitrogen and oxygen atoms in total. The van der Waals surface area contributed by atoms with Gasteiger partial charge in [0.25, 0.3) is 5.91 Å². The normalized spacial score (nSPS) is 11.2. The quantitative estimate of drug-likeness (QED) is 0.758. The number of rotatable bonds is 4. The van der Waals surface area contributed by atoms with Crippen molar-refractivity contribution in [2.75, 3.05) is 12.4 Å². The molecule has 2 aromatic carbocycles. The summed E-state index contributed by atoms with van der Waals surface area (Å²) in [5.41, 5.74) is 1.16. The van der Waals surface area contributed by atoms with Gasteiger partial charge in [-0.25, -0.2) is 0 Å². The first kappa shape index (κ1) is 17.5. The van der Waals surface area contributed by atoms with Gasteiger partial charge in [0.1, 0.15) is 5.75 Å². The number of hydrogen-bond donors (Lipinski definition) is 1. The molecular formula is C17H12F3N3O3. The molecule has 0 unspecified atom stereocenters. The summed E-state index contributed by atoms with van der Waals surface area (Å²) in [6, 6.07) is 12.6. The number of anilines is 1. The number of carbonyl (C=O) groups excluding carboxylic acids is 1. The molecule has 0 aliphatic carbocycles. The number of nitrogens with one attached hydrogen (secondary N) is 1. The summed E-state index contributed by atoms with van der Waals surface area (Å²) >= 11 is 0. The van der Waals surface area contributed by atoms with Crippen LogP contribution >= 0.6 is 0 Å². The van der Waals surface area contributed by atoms with E-state index in [-0.39, 0.29) is 11.7 Å². The van der Waals surface area contributed by atoms with Gasteiger partial charge in [-0.2, -0.15) is 18.2 Å². The fourth-order valence-corrected chi connectivity index (χ4v) is 2.13. The second-order valence-electron chi connectivity index (χ2n) is 5.18. The van der Waals surface area contributed by atoms with Crippen LogP contribution in [0.15, 0.2) is 53.1 Å². The van der Waals surface area contributed by atoms with Crippen LogP contribution in [0.5, 0.6) is 5.75 Å². The first-order valence-corrected chi connectivity index (χ1v) is 7.33. The van der Waals surface area contributed by atoms with Gasteiger partial charge in [-0.1, -0.05) is 23.4 Å². The van der Waals surface area contributed by atoms with Crippen LogP contribution in [0.1, 0.15) is 16.2 Å². The Hall–Kier alpha value is -3.36. The molecule has 1 N–H and O–H groups in total. The van der Waals surface area contributed by atoms with Crippen molar-refractivity contribution in [2.24, 2.45) is 0 Å². The summed E-state index contributed by atoms with van der Waals surface area (Å²) in [7, 11) is 1.52. The third-order valence-corrected chi connectivity index (χ3v) is 3.40. The number of hydrogen-bond acceptors (Lipinski definition) is 5. The Balaban J connectivity index is 1.74. The van der Waals surface area contributed by atoms with Crippen LogP contribution in [0.25, 0.3) is 11.4 Å². The summed E-state index contributed by atoms with van der Waals surface area (Å²) in [6.07, 6.45) is -4.71. The molecule has 0 radical (unpaired) electrons. The Kier molecular flexibility index (Phi) is 4.61. The van der Waals surface area contributed by atoms with Gasteiger partial charge >= 0.3 is 12.1 Å². The topological polar surface area (TPSA) is 77.2 Å². The van der Waals surface area contributed by atoms with E-state index in [1.807, 2.05) is 0 Å². The van der Waals surface area contributed by atoms with E-state index in [0.717, 1.165) is 0 Å². The summed E-state index contributed by atoms with van der Waals surface area (Å²) in [5.74, 6) is -1.42. The second-order valence-corrected chi connectivity index (χ2v) is 5.18. The summed E-state index contributed by atoms with van der Waals surface area (Å²) < 4.78 is 46.7. The number of benzene rings is 2. The molecular weight excluding hydrogens is 351 g/mol. The number of methoxy groups -OCH3 is 1. The molecule has 1 heterocycles. The predicted octanol–water partition coefficient (Wildman–Crippen LogP) is 4.02. The zero-order valence-electron chi connectivity index (χ0n) is 13.4. The maximum Gasteiger partial charge on any atom is 0.471 e. The molecule has 1 aromatic heterocycles. The SMILES string of the molecule is COc1cccc(NC(=O)c2ccc(-c3noc(C(F)(F)F)n3)cc2)c1. The Labute approximate surface area is 145 Å². The van der Waals surface area contributed by atoms with Crippen molar-refractivity contribution >= 4 is 11.6 Å². The summed E-state index contributed by atoms with van der Waals surface area (Å²) in [5, 5.41) is 5.99. The lowest BCUT2D eigenvalue weighted by Crippen LogP contribution is -2.11. The molecule has 0 fully saturated rings. The first-order valence-electron chi connectivity index (χ1n) is 7.33. The van der Waals surface area contributed by atoms with E-state index >= 15 is 0 Å². The van der Waals surface area contributed by atoms with E-state index in [2.05, 4.69) is 20.0 Å². The fraction of sp³-hybridized carbons (Fsp3) is 0.118. The first-order chi connectivity index (χ1) is 12.4. The predicted molar refractivity (Wildman–Crippen MR) is 85.7 cm³/mol. The molecule has 3 rings (SSSR count). The van der Waals surface area contributed by atoms with Crippen LogP contribution in [0.2, 0.25) is 0 Å². The van der Waals surface area contributed by atoms with Gasteiger partial charge < -0.3 is 14.6 Å². The third-order valence-electron chi connectivity index (χ3n) is 3.40. The lowest BCUT2D eigenvalue weighted by atomic mass is 10.1. The molecule has 3 aromatic rings. The van der Waals surface area contributed by atoms with E-state index in [1.54, 1.807) is 24.3 Å². The minimum atomic E-state index is -4.71. The second kappa shape index (κ2) is 6.87. The van der Waals surface area contributed by atoms with Crippen LogP contribution in [0, 0.1) is 0 Å². The molecule has 26 heavy (non-hydrogen) atoms. The summed E-state index contributed by atoms with van der Waals surface area (Å²) in [6.45, 7) is 0. The van der Waals surface area contributed by atoms with Crippen molar-refractivity contribution in [1.82, 2.24) is 10.1 Å². The monoisotopic (exact) mass is 363 g/mol. The molecule has 134 valence electrons. The highest BCUT2D eigenvalue weighted by Gasteiger charge is 2.38. The van der Waals surface area contributed by atoms with Crippen molar-refractivity contribution in [3.8, 4) is 17.1 Å². The minimum absolute atomic E-state index is 0.211. The lowest BCUT2D eigenvalue weighted by Gasteiger charge is -2.07. The van der Waals surface area contributed by atoms with Crippen molar-refractivity contribution in [1.29, 1.82) is 0 Å². The number of aromatic nitrogens is 2. The van der Waals surface area contributed by atoms with E-state index in [4.69, 9.17) is 4.74 Å². The van der Waals surface area contributed by atoms with Crippen LogP contribution in [0.4, 0.5) is 18.9 Å². The number of halogens is 3. The van der Waals surface area contributed by atoms with Crippen LogP contribution in [-0.2, 0) is 6.18 Å². The summed E-state index contributed by atoms with van der Waals surface area (Å²) in [4.78, 5) is 15.5. The maximum atomic E-state index is 12.5. The van der Waals surface area contributed by atoms with Crippen molar-refractivity contribution in [2.45, 2.75) is 6.18 Å². The van der Waals surface area contributed by atoms with Gasteiger partial charge in [0.15, 0.2) is 0 Å². The van der Waals surface area contributed by atoms with E-state index in [1.165, 1.54) is 31.4 Å². The molecule has 0 aliphatic rings. The molecule has 1 amide bonds. The number of alkyl halides is 3. The van der Waals surface area contributed by atoms with Crippen LogP contribution in [0.3, 0.4) is 0 Å². The number of carbonyl (C=O) groups is 1. The van der Waals surface area contributed by atoms with Gasteiger partial charge in [-0.15, -0.1) is 0 Å². The van der Waals surface area contributed by atoms with E-state index < -0.39 is 12.1 Å². The number of amides is 1. The Morgan fingerprint density at radius 1 is 1.15 bits per heavy atom. The Morgan fingerprint density at radius 3 is 2.50 bits per heavy atom. The van der Waals surface area contributed by atoms with E-state index in [0.29, 0.717) is 22.6 Å². The van der Waals surface area contributed by atoms with Crippen LogP contribution in [-0.4, -0.2) is 23.2 Å². The highest BCUT2D eigenvalue weighted by Crippen LogP contribution is 2.29. The number of nitrogens with zero attached hydrogens (tertiary/aromatic N) is 2. The van der Waals surface area contributed by atoms with Gasteiger partial charge in [0, 0.05) is 22.9 Å². The molecule has 0 aliphatic heterocycles. The van der Waals surface area contributed by atoms with E-state index in [9.17, 15) is 18.0 Å². The smallest absolute Gasteiger partial charge is 0.471 e. The average molecular weight is 363 g/mol. The van der Waals surface area contributed by atoms with Gasteiger partial charge in [0.05, 0.1) is 7.11 Å². The molecule has 9 heteroatoms. The van der Waals surface area contributed by atoms with Crippen LogP contribution < -0.4 is 10.1 Å². The molecule has 0 atom stereocenters. The zero-order valence-corrected chi connectivity index (χ0v) is 13.4. The molecule has 0 saturated heterocycles. The molecule has 0 saturated carbocycles. The number of ether oxygens (including phenoxy) is 1. The maximum absolute atomic E-state index is 12.5. The Morgan fingerprint density at radius 2 is 1.88 bits per heavy atom. The highest BCUT2D eigenvalue weighted by molar-refractivity contribution is 6.04. The fourth-order valence-electron chi connectivity index (χ4n) is 2.13. The van der Waals surface area contributed by atoms with Crippen molar-refractivity contribution < 1.29 is 27.2 Å². The van der Waals surface area contributed by atoms with Gasteiger partial charge in [-0.05, 0) is 24.3 Å². The average Bonchev–Trinajstić information content (AvgIpc) is 3.12.